The molecule has 1 unspecified atom stereocenters. The van der Waals surface area contributed by atoms with E-state index in [0.717, 1.165) is 17.5 Å². The van der Waals surface area contributed by atoms with Crippen molar-refractivity contribution in [3.63, 3.8) is 0 Å². The van der Waals surface area contributed by atoms with E-state index in [0.29, 0.717) is 34.4 Å². The minimum Gasteiger partial charge on any atom is -0.451 e. The van der Waals surface area contributed by atoms with Crippen molar-refractivity contribution >= 4 is 45.7 Å². The summed E-state index contributed by atoms with van der Waals surface area (Å²) in [5.74, 6) is 0.694. The zero-order valence-electron chi connectivity index (χ0n) is 21.1. The minimum atomic E-state index is -0.559. The lowest BCUT2D eigenvalue weighted by Crippen LogP contribution is -2.33. The smallest absolute Gasteiger partial charge is 0.293 e. The largest absolute Gasteiger partial charge is 0.451 e. The first kappa shape index (κ1) is 25.8. The quantitative estimate of drug-likeness (QED) is 0.125. The Labute approximate surface area is 229 Å². The molecule has 1 atom stereocenters. The van der Waals surface area contributed by atoms with Gasteiger partial charge in [-0.2, -0.15) is 0 Å². The molecule has 196 valence electrons. The van der Waals surface area contributed by atoms with E-state index in [1.54, 1.807) is 24.3 Å². The molecule has 0 aliphatic heterocycles. The summed E-state index contributed by atoms with van der Waals surface area (Å²) in [4.78, 5) is 27.9. The fraction of sp³-hybridized carbons (Fsp3) is 0.138. The zero-order chi connectivity index (χ0) is 27.5. The number of nitro benzene ring substituents is 1. The van der Waals surface area contributed by atoms with Gasteiger partial charge in [-0.3, -0.25) is 20.2 Å². The summed E-state index contributed by atoms with van der Waals surface area (Å²) in [7, 11) is 0. The van der Waals surface area contributed by atoms with Gasteiger partial charge in [0.25, 0.3) is 11.6 Å². The number of carbonyl (C=O) groups is 1. The Morgan fingerprint density at radius 1 is 1.03 bits per heavy atom. The molecule has 1 amide bonds. The monoisotopic (exact) mass is 540 g/mol. The maximum absolute atomic E-state index is 12.7. The summed E-state index contributed by atoms with van der Waals surface area (Å²) in [5.41, 5.74) is 4.52. The number of amides is 1. The van der Waals surface area contributed by atoms with Gasteiger partial charge < -0.3 is 14.2 Å². The number of carbonyl (C=O) groups excluding carboxylic acids is 1. The van der Waals surface area contributed by atoms with Crippen molar-refractivity contribution in [2.45, 2.75) is 26.2 Å². The van der Waals surface area contributed by atoms with Gasteiger partial charge in [-0.1, -0.05) is 38.1 Å². The van der Waals surface area contributed by atoms with Crippen LogP contribution in [0.15, 0.2) is 87.7 Å². The molecule has 2 N–H and O–H groups in total. The molecule has 0 bridgehead atoms. The molecule has 39 heavy (non-hydrogen) atoms. The molecule has 9 nitrogen and oxygen atoms in total. The van der Waals surface area contributed by atoms with Gasteiger partial charge in [0.15, 0.2) is 16.5 Å². The van der Waals surface area contributed by atoms with E-state index in [2.05, 4.69) is 41.6 Å². The maximum Gasteiger partial charge on any atom is 0.293 e. The first-order valence-corrected chi connectivity index (χ1v) is 12.7. The zero-order valence-corrected chi connectivity index (χ0v) is 22.0. The molecule has 10 heteroatoms. The molecule has 2 heterocycles. The molecule has 0 aliphatic rings. The highest BCUT2D eigenvalue weighted by molar-refractivity contribution is 7.80. The van der Waals surface area contributed by atoms with E-state index < -0.39 is 10.8 Å². The highest BCUT2D eigenvalue weighted by Gasteiger charge is 2.16. The molecule has 0 aliphatic carbocycles. The lowest BCUT2D eigenvalue weighted by atomic mass is 9.98. The molecular weight excluding hydrogens is 516 g/mol. The molecule has 0 fully saturated rings. The van der Waals surface area contributed by atoms with E-state index in [4.69, 9.17) is 21.1 Å². The van der Waals surface area contributed by atoms with Crippen LogP contribution in [-0.4, -0.2) is 20.9 Å². The van der Waals surface area contributed by atoms with Crippen molar-refractivity contribution in [1.29, 1.82) is 0 Å². The summed E-state index contributed by atoms with van der Waals surface area (Å²) >= 11 is 5.32. The number of nitrogens with one attached hydrogen (secondary N) is 2. The van der Waals surface area contributed by atoms with Crippen LogP contribution in [0.5, 0.6) is 0 Å². The van der Waals surface area contributed by atoms with Crippen molar-refractivity contribution in [1.82, 2.24) is 10.3 Å². The van der Waals surface area contributed by atoms with Crippen LogP contribution in [-0.2, 0) is 0 Å². The van der Waals surface area contributed by atoms with E-state index in [-0.39, 0.29) is 16.6 Å². The summed E-state index contributed by atoms with van der Waals surface area (Å²) in [6.45, 7) is 4.34. The number of hydrogen-bond donors (Lipinski definition) is 2. The number of fused-ring (bicyclic) bond motifs is 1. The molecule has 0 saturated heterocycles. The summed E-state index contributed by atoms with van der Waals surface area (Å²) < 4.78 is 11.6. The molecule has 5 rings (SSSR count). The number of thiocarbonyl (C=S) groups is 1. The SMILES string of the molecule is CCC(C)c1ccc2oc(-c3cccc(NC(=S)NC(=O)c4ccc(-c5cccc([N+](=O)[O-])c5)o4)c3)nc2c1. The molecule has 3 aromatic carbocycles. The highest BCUT2D eigenvalue weighted by Crippen LogP contribution is 2.29. The maximum atomic E-state index is 12.7. The number of nitrogens with zero attached hydrogens (tertiary/aromatic N) is 2. The number of furan rings is 1. The summed E-state index contributed by atoms with van der Waals surface area (Å²) in [5, 5.41) is 16.7. The normalized spacial score (nSPS) is 11.7. The second-order valence-corrected chi connectivity index (χ2v) is 9.42. The Kier molecular flexibility index (Phi) is 7.20. The fourth-order valence-corrected chi connectivity index (χ4v) is 4.27. The van der Waals surface area contributed by atoms with Crippen molar-refractivity contribution in [2.24, 2.45) is 0 Å². The van der Waals surface area contributed by atoms with Gasteiger partial charge in [-0.25, -0.2) is 4.98 Å². The van der Waals surface area contributed by atoms with E-state index in [9.17, 15) is 14.9 Å². The molecule has 0 radical (unpaired) electrons. The van der Waals surface area contributed by atoms with Crippen LogP contribution in [0.2, 0.25) is 0 Å². The molecular formula is C29H24N4O5S. The van der Waals surface area contributed by atoms with E-state index >= 15 is 0 Å². The van der Waals surface area contributed by atoms with Crippen LogP contribution in [0.3, 0.4) is 0 Å². The topological polar surface area (TPSA) is 123 Å². The predicted octanol–water partition coefficient (Wildman–Crippen LogP) is 7.30. The van der Waals surface area contributed by atoms with Gasteiger partial charge in [-0.05, 0) is 72.6 Å². The van der Waals surface area contributed by atoms with Gasteiger partial charge in [0, 0.05) is 28.9 Å². The van der Waals surface area contributed by atoms with Gasteiger partial charge in [0.05, 0.1) is 4.92 Å². The van der Waals surface area contributed by atoms with Crippen molar-refractivity contribution in [3.05, 3.63) is 100 Å². The molecule has 0 spiro atoms. The number of hydrogen-bond acceptors (Lipinski definition) is 7. The number of oxazole rings is 1. The second-order valence-electron chi connectivity index (χ2n) is 9.02. The van der Waals surface area contributed by atoms with Gasteiger partial charge in [0.2, 0.25) is 5.89 Å². The number of non-ortho nitro benzene ring substituents is 1. The third-order valence-electron chi connectivity index (χ3n) is 6.36. The third kappa shape index (κ3) is 5.70. The summed E-state index contributed by atoms with van der Waals surface area (Å²) in [6, 6.07) is 22.4. The average molecular weight is 541 g/mol. The Morgan fingerprint density at radius 2 is 1.82 bits per heavy atom. The molecule has 5 aromatic rings. The van der Waals surface area contributed by atoms with E-state index in [1.165, 1.54) is 23.8 Å². The van der Waals surface area contributed by atoms with Crippen molar-refractivity contribution in [3.8, 4) is 22.8 Å². The summed E-state index contributed by atoms with van der Waals surface area (Å²) in [6.07, 6.45) is 1.04. The number of rotatable bonds is 7. The predicted molar refractivity (Wildman–Crippen MR) is 153 cm³/mol. The van der Waals surface area contributed by atoms with Crippen LogP contribution < -0.4 is 10.6 Å². The first-order chi connectivity index (χ1) is 18.8. The van der Waals surface area contributed by atoms with Crippen LogP contribution in [0.25, 0.3) is 33.9 Å². The molecule has 2 aromatic heterocycles. The third-order valence-corrected chi connectivity index (χ3v) is 6.56. The number of nitro groups is 1. The van der Waals surface area contributed by atoms with Crippen molar-refractivity contribution in [2.75, 3.05) is 5.32 Å². The highest BCUT2D eigenvalue weighted by atomic mass is 32.1. The van der Waals surface area contributed by atoms with Crippen LogP contribution >= 0.6 is 12.2 Å². The standard InChI is InChI=1S/C29H24N4O5S/c1-3-17(2)18-10-11-25-23(16-18)31-28(38-25)20-7-4-8-21(14-20)30-29(39)32-27(34)26-13-12-24(37-26)19-6-5-9-22(15-19)33(35)36/h4-17H,3H2,1-2H3,(H2,30,32,34,39). The van der Waals surface area contributed by atoms with Gasteiger partial charge >= 0.3 is 0 Å². The lowest BCUT2D eigenvalue weighted by Gasteiger charge is -2.09. The Bertz CT molecular complexity index is 1710. The Morgan fingerprint density at radius 3 is 2.62 bits per heavy atom. The minimum absolute atomic E-state index is 0.0117. The Balaban J connectivity index is 1.26. The number of benzene rings is 3. The van der Waals surface area contributed by atoms with Crippen LogP contribution in [0, 0.1) is 10.1 Å². The first-order valence-electron chi connectivity index (χ1n) is 12.3. The Hall–Kier alpha value is -4.83. The van der Waals surface area contributed by atoms with Gasteiger partial charge in [-0.15, -0.1) is 0 Å². The van der Waals surface area contributed by atoms with Gasteiger partial charge in [0.1, 0.15) is 11.3 Å². The fourth-order valence-electron chi connectivity index (χ4n) is 4.06. The van der Waals surface area contributed by atoms with Crippen molar-refractivity contribution < 1.29 is 18.6 Å². The average Bonchev–Trinajstić information content (AvgIpc) is 3.60. The number of anilines is 1. The number of aromatic nitrogens is 1. The van der Waals surface area contributed by atoms with E-state index in [1.807, 2.05) is 24.3 Å². The second kappa shape index (κ2) is 10.9. The lowest BCUT2D eigenvalue weighted by molar-refractivity contribution is -0.384. The van der Waals surface area contributed by atoms with Crippen LogP contribution in [0.1, 0.15) is 42.3 Å². The molecule has 0 saturated carbocycles. The van der Waals surface area contributed by atoms with Crippen LogP contribution in [0.4, 0.5) is 11.4 Å².